The van der Waals surface area contributed by atoms with Crippen LogP contribution in [0.2, 0.25) is 0 Å². The van der Waals surface area contributed by atoms with Gasteiger partial charge in [0.2, 0.25) is 5.91 Å². The Morgan fingerprint density at radius 1 is 1.33 bits per heavy atom. The predicted molar refractivity (Wildman–Crippen MR) is 94.6 cm³/mol. The van der Waals surface area contributed by atoms with E-state index in [9.17, 15) is 13.8 Å². The molecule has 3 atom stereocenters. The second-order valence-corrected chi connectivity index (χ2v) is 7.62. The van der Waals surface area contributed by atoms with Crippen molar-refractivity contribution < 1.29 is 18.5 Å². The fourth-order valence-corrected chi connectivity index (χ4v) is 3.99. The summed E-state index contributed by atoms with van der Waals surface area (Å²) in [6, 6.07) is 9.14. The molecule has 2 amide bonds. The normalized spacial score (nSPS) is 15.5. The van der Waals surface area contributed by atoms with Gasteiger partial charge >= 0.3 is 6.09 Å². The molecular formula is C17H24N2O4S. The summed E-state index contributed by atoms with van der Waals surface area (Å²) in [6.45, 7) is 8.39. The molecule has 0 radical (unpaired) electrons. The number of benzene rings is 1. The second kappa shape index (κ2) is 9.22. The van der Waals surface area contributed by atoms with Gasteiger partial charge in [-0.05, 0) is 24.8 Å². The Hall–Kier alpha value is -2.15. The number of rotatable bonds is 7. The van der Waals surface area contributed by atoms with Crippen molar-refractivity contribution in [2.45, 2.75) is 33.3 Å². The molecule has 0 aliphatic rings. The standard InChI is InChI=1S/C17H24N2O4S/c1-5-9-13(2)12-24(22,18-15(4)20)19-17(21)23-14(3)16-10-7-6-8-11-16/h5-8,10-11,13-14H,1,9,12H2,2-4H3,(H,18,19,20,21,22)/t13-,14-,24-/m0/s1. The lowest BCUT2D eigenvalue weighted by Crippen LogP contribution is -2.33. The molecule has 7 heteroatoms. The number of carbonyl (C=O) groups excluding carboxylic acids is 2. The third-order valence-corrected chi connectivity index (χ3v) is 5.22. The zero-order valence-electron chi connectivity index (χ0n) is 14.2. The highest BCUT2D eigenvalue weighted by Gasteiger charge is 2.19. The number of amides is 2. The molecule has 0 saturated heterocycles. The summed E-state index contributed by atoms with van der Waals surface area (Å²) in [4.78, 5) is 23.3. The molecule has 0 bridgehead atoms. The fourth-order valence-electron chi connectivity index (χ4n) is 2.15. The third kappa shape index (κ3) is 6.95. The first kappa shape index (κ1) is 19.9. The molecule has 132 valence electrons. The van der Waals surface area contributed by atoms with Crippen LogP contribution in [0.1, 0.15) is 38.9 Å². The first-order valence-corrected chi connectivity index (χ1v) is 9.33. The maximum atomic E-state index is 12.8. The summed E-state index contributed by atoms with van der Waals surface area (Å²) in [5.74, 6) is -0.517. The molecular weight excluding hydrogens is 328 g/mol. The van der Waals surface area contributed by atoms with E-state index in [1.807, 2.05) is 37.3 Å². The van der Waals surface area contributed by atoms with Crippen molar-refractivity contribution >= 4 is 21.9 Å². The average Bonchev–Trinajstić information content (AvgIpc) is 2.46. The molecule has 1 rings (SSSR count). The topological polar surface area (TPSA) is 84.8 Å². The van der Waals surface area contributed by atoms with Crippen molar-refractivity contribution in [2.75, 3.05) is 5.75 Å². The van der Waals surface area contributed by atoms with Gasteiger partial charge < -0.3 is 4.74 Å². The van der Waals surface area contributed by atoms with Crippen molar-refractivity contribution in [2.24, 2.45) is 10.3 Å². The van der Waals surface area contributed by atoms with Crippen molar-refractivity contribution in [1.29, 1.82) is 0 Å². The van der Waals surface area contributed by atoms with Gasteiger partial charge in [-0.1, -0.05) is 43.3 Å². The van der Waals surface area contributed by atoms with E-state index < -0.39 is 28.0 Å². The molecule has 0 heterocycles. The van der Waals surface area contributed by atoms with E-state index >= 15 is 0 Å². The van der Waals surface area contributed by atoms with Crippen LogP contribution in [-0.4, -0.2) is 22.0 Å². The minimum Gasteiger partial charge on any atom is -0.440 e. The van der Waals surface area contributed by atoms with Crippen LogP contribution in [0.3, 0.4) is 0 Å². The first-order chi connectivity index (χ1) is 11.3. The van der Waals surface area contributed by atoms with E-state index in [1.165, 1.54) is 6.92 Å². The first-order valence-electron chi connectivity index (χ1n) is 7.65. The number of allylic oxidation sites excluding steroid dienone is 1. The zero-order valence-corrected chi connectivity index (χ0v) is 15.0. The second-order valence-electron chi connectivity index (χ2n) is 5.62. The van der Waals surface area contributed by atoms with Gasteiger partial charge in [0.25, 0.3) is 0 Å². The molecule has 0 unspecified atom stereocenters. The van der Waals surface area contributed by atoms with Gasteiger partial charge in [-0.25, -0.2) is 9.00 Å². The minimum atomic E-state index is -3.23. The van der Waals surface area contributed by atoms with Crippen LogP contribution in [0.15, 0.2) is 47.3 Å². The number of nitrogens with zero attached hydrogens (tertiary/aromatic N) is 1. The molecule has 1 aromatic carbocycles. The van der Waals surface area contributed by atoms with E-state index in [0.29, 0.717) is 6.42 Å². The van der Waals surface area contributed by atoms with Gasteiger partial charge in [0.05, 0.1) is 5.75 Å². The van der Waals surface area contributed by atoms with Gasteiger partial charge in [-0.3, -0.25) is 9.52 Å². The molecule has 0 aliphatic heterocycles. The van der Waals surface area contributed by atoms with Crippen LogP contribution in [-0.2, 0) is 19.4 Å². The number of hydrogen-bond acceptors (Lipinski definition) is 4. The molecule has 1 aromatic rings. The molecule has 0 aromatic heterocycles. The number of nitrogens with one attached hydrogen (secondary N) is 1. The minimum absolute atomic E-state index is 0.0490. The van der Waals surface area contributed by atoms with Crippen LogP contribution in [0, 0.1) is 5.92 Å². The zero-order chi connectivity index (χ0) is 18.2. The van der Waals surface area contributed by atoms with Gasteiger partial charge in [0.15, 0.2) is 0 Å². The van der Waals surface area contributed by atoms with Crippen molar-refractivity contribution in [3.63, 3.8) is 0 Å². The lowest BCUT2D eigenvalue weighted by molar-refractivity contribution is -0.117. The largest absolute Gasteiger partial charge is 0.443 e. The van der Waals surface area contributed by atoms with E-state index in [1.54, 1.807) is 13.0 Å². The Balaban J connectivity index is 2.91. The van der Waals surface area contributed by atoms with Crippen molar-refractivity contribution in [1.82, 2.24) is 4.72 Å². The van der Waals surface area contributed by atoms with Crippen LogP contribution in [0.25, 0.3) is 0 Å². The summed E-state index contributed by atoms with van der Waals surface area (Å²) in [5.41, 5.74) is 0.798. The highest BCUT2D eigenvalue weighted by molar-refractivity contribution is 7.92. The average molecular weight is 352 g/mol. The molecule has 6 nitrogen and oxygen atoms in total. The Kier molecular flexibility index (Phi) is 7.64. The van der Waals surface area contributed by atoms with Crippen LogP contribution < -0.4 is 4.72 Å². The number of ether oxygens (including phenoxy) is 1. The number of carbonyl (C=O) groups is 2. The Labute approximate surface area is 143 Å². The van der Waals surface area contributed by atoms with Crippen molar-refractivity contribution in [3.05, 3.63) is 48.6 Å². The fraction of sp³-hybridized carbons (Fsp3) is 0.412. The van der Waals surface area contributed by atoms with Gasteiger partial charge in [0, 0.05) is 6.92 Å². The summed E-state index contributed by atoms with van der Waals surface area (Å²) in [6.07, 6.45) is 0.792. The summed E-state index contributed by atoms with van der Waals surface area (Å²) >= 11 is 0. The Morgan fingerprint density at radius 3 is 2.50 bits per heavy atom. The van der Waals surface area contributed by atoms with E-state index in [-0.39, 0.29) is 11.7 Å². The molecule has 24 heavy (non-hydrogen) atoms. The van der Waals surface area contributed by atoms with Crippen LogP contribution in [0.5, 0.6) is 0 Å². The lowest BCUT2D eigenvalue weighted by atomic mass is 10.1. The molecule has 0 fully saturated rings. The maximum absolute atomic E-state index is 12.8. The third-order valence-electron chi connectivity index (χ3n) is 3.15. The molecule has 0 aliphatic carbocycles. The Morgan fingerprint density at radius 2 is 1.96 bits per heavy atom. The van der Waals surface area contributed by atoms with Crippen LogP contribution in [0.4, 0.5) is 4.79 Å². The van der Waals surface area contributed by atoms with E-state index in [2.05, 4.69) is 15.7 Å². The SMILES string of the molecule is C=CC[C@H](C)C[S@@](=O)(=NC(=O)O[C@@H](C)c1ccccc1)NC(C)=O. The van der Waals surface area contributed by atoms with E-state index in [4.69, 9.17) is 4.74 Å². The summed E-state index contributed by atoms with van der Waals surface area (Å²) < 4.78 is 23.9. The highest BCUT2D eigenvalue weighted by Crippen LogP contribution is 2.17. The predicted octanol–water partition coefficient (Wildman–Crippen LogP) is 3.62. The molecule has 0 spiro atoms. The van der Waals surface area contributed by atoms with Crippen molar-refractivity contribution in [3.8, 4) is 0 Å². The van der Waals surface area contributed by atoms with E-state index in [0.717, 1.165) is 5.56 Å². The Bertz CT molecular complexity index is 694. The maximum Gasteiger partial charge on any atom is 0.443 e. The van der Waals surface area contributed by atoms with Gasteiger partial charge in [0.1, 0.15) is 16.0 Å². The van der Waals surface area contributed by atoms with Gasteiger partial charge in [-0.2, -0.15) is 0 Å². The monoisotopic (exact) mass is 352 g/mol. The number of hydrogen-bond donors (Lipinski definition) is 1. The summed E-state index contributed by atoms with van der Waals surface area (Å²) in [5, 5.41) is 0. The van der Waals surface area contributed by atoms with Crippen LogP contribution >= 0.6 is 0 Å². The summed E-state index contributed by atoms with van der Waals surface area (Å²) in [7, 11) is -3.23. The molecule has 1 N–H and O–H groups in total. The quantitative estimate of drug-likeness (QED) is 0.760. The highest BCUT2D eigenvalue weighted by atomic mass is 32.2. The smallest absolute Gasteiger partial charge is 0.440 e. The lowest BCUT2D eigenvalue weighted by Gasteiger charge is -2.16. The van der Waals surface area contributed by atoms with Gasteiger partial charge in [-0.15, -0.1) is 10.9 Å². The molecule has 0 saturated carbocycles.